The maximum Gasteiger partial charge on any atom is 0.325 e. The second-order valence-electron chi connectivity index (χ2n) is 6.24. The van der Waals surface area contributed by atoms with Crippen molar-refractivity contribution in [1.82, 2.24) is 20.4 Å². The number of benzene rings is 2. The van der Waals surface area contributed by atoms with Crippen LogP contribution in [0.5, 0.6) is 0 Å². The van der Waals surface area contributed by atoms with Gasteiger partial charge in [0.2, 0.25) is 5.89 Å². The van der Waals surface area contributed by atoms with Gasteiger partial charge in [-0.1, -0.05) is 41.6 Å². The quantitative estimate of drug-likeness (QED) is 0.742. The van der Waals surface area contributed by atoms with E-state index in [1.165, 1.54) is 0 Å². The zero-order valence-electron chi connectivity index (χ0n) is 13.8. The minimum atomic E-state index is -1.13. The number of imide groups is 1. The normalized spacial score (nSPS) is 20.3. The van der Waals surface area contributed by atoms with E-state index in [2.05, 4.69) is 15.5 Å². The minimum Gasteiger partial charge on any atom is -0.337 e. The lowest BCUT2D eigenvalue weighted by molar-refractivity contribution is -0.131. The molecular formula is C18H16N4O3. The summed E-state index contributed by atoms with van der Waals surface area (Å²) in [5.74, 6) is 0.340. The fraction of sp³-hybridized carbons (Fsp3) is 0.222. The summed E-state index contributed by atoms with van der Waals surface area (Å²) in [6, 6.07) is 13.1. The van der Waals surface area contributed by atoms with Gasteiger partial charge in [-0.3, -0.25) is 9.69 Å². The molecule has 126 valence electrons. The van der Waals surface area contributed by atoms with Gasteiger partial charge in [0.1, 0.15) is 12.1 Å². The van der Waals surface area contributed by atoms with E-state index >= 15 is 0 Å². The standard InChI is InChI=1S/C18H16N4O3/c1-11-19-15(25-21-11)10-22-16(23)18(2,20-17(22)24)14-8-7-12-5-3-4-6-13(12)9-14/h3-9H,10H2,1-2H3,(H,20,24)/t18-/m1/s1. The van der Waals surface area contributed by atoms with Crippen LogP contribution in [0.2, 0.25) is 0 Å². The number of carbonyl (C=O) groups excluding carboxylic acids is 2. The minimum absolute atomic E-state index is 0.0469. The van der Waals surface area contributed by atoms with Crippen LogP contribution in [-0.4, -0.2) is 27.0 Å². The summed E-state index contributed by atoms with van der Waals surface area (Å²) in [5.41, 5.74) is -0.398. The summed E-state index contributed by atoms with van der Waals surface area (Å²) in [4.78, 5) is 30.4. The van der Waals surface area contributed by atoms with Crippen LogP contribution >= 0.6 is 0 Å². The Morgan fingerprint density at radius 1 is 1.16 bits per heavy atom. The molecule has 3 aromatic rings. The zero-order chi connectivity index (χ0) is 17.6. The van der Waals surface area contributed by atoms with E-state index < -0.39 is 11.6 Å². The average molecular weight is 336 g/mol. The molecular weight excluding hydrogens is 320 g/mol. The fourth-order valence-corrected chi connectivity index (χ4v) is 3.08. The number of nitrogens with one attached hydrogen (secondary N) is 1. The summed E-state index contributed by atoms with van der Waals surface area (Å²) in [5, 5.41) is 8.55. The van der Waals surface area contributed by atoms with Crippen LogP contribution in [0.1, 0.15) is 24.2 Å². The first-order valence-electron chi connectivity index (χ1n) is 7.90. The third kappa shape index (κ3) is 2.44. The predicted molar refractivity (Wildman–Crippen MR) is 89.4 cm³/mol. The van der Waals surface area contributed by atoms with Gasteiger partial charge in [0.05, 0.1) is 0 Å². The molecule has 7 nitrogen and oxygen atoms in total. The maximum absolute atomic E-state index is 12.9. The van der Waals surface area contributed by atoms with E-state index in [0.717, 1.165) is 21.2 Å². The van der Waals surface area contributed by atoms with Crippen molar-refractivity contribution in [1.29, 1.82) is 0 Å². The number of rotatable bonds is 3. The van der Waals surface area contributed by atoms with Crippen LogP contribution in [0, 0.1) is 6.92 Å². The first kappa shape index (κ1) is 15.3. The van der Waals surface area contributed by atoms with Crippen molar-refractivity contribution in [3.8, 4) is 0 Å². The van der Waals surface area contributed by atoms with Crippen molar-refractivity contribution in [3.05, 3.63) is 59.7 Å². The van der Waals surface area contributed by atoms with Crippen molar-refractivity contribution in [2.75, 3.05) is 0 Å². The number of aryl methyl sites for hydroxylation is 1. The van der Waals surface area contributed by atoms with Gasteiger partial charge in [0, 0.05) is 0 Å². The Balaban J connectivity index is 1.68. The second kappa shape index (κ2) is 5.41. The van der Waals surface area contributed by atoms with Crippen molar-refractivity contribution >= 4 is 22.7 Å². The number of hydrogen-bond donors (Lipinski definition) is 1. The number of hydrogen-bond acceptors (Lipinski definition) is 5. The Kier molecular flexibility index (Phi) is 3.31. The van der Waals surface area contributed by atoms with Crippen molar-refractivity contribution in [2.45, 2.75) is 25.9 Å². The van der Waals surface area contributed by atoms with Crippen molar-refractivity contribution in [3.63, 3.8) is 0 Å². The van der Waals surface area contributed by atoms with E-state index in [1.54, 1.807) is 13.8 Å². The highest BCUT2D eigenvalue weighted by molar-refractivity contribution is 6.07. The van der Waals surface area contributed by atoms with Crippen LogP contribution in [-0.2, 0) is 16.9 Å². The Morgan fingerprint density at radius 3 is 2.64 bits per heavy atom. The third-order valence-corrected chi connectivity index (χ3v) is 4.46. The fourth-order valence-electron chi connectivity index (χ4n) is 3.08. The lowest BCUT2D eigenvalue weighted by Crippen LogP contribution is -2.40. The monoisotopic (exact) mass is 336 g/mol. The summed E-state index contributed by atoms with van der Waals surface area (Å²) in [6.07, 6.45) is 0. The van der Waals surface area contributed by atoms with E-state index in [9.17, 15) is 9.59 Å². The number of aromatic nitrogens is 2. The number of nitrogens with zero attached hydrogens (tertiary/aromatic N) is 3. The molecule has 1 N–H and O–H groups in total. The SMILES string of the molecule is Cc1noc(CN2C(=O)N[C@](C)(c3ccc4ccccc4c3)C2=O)n1. The van der Waals surface area contributed by atoms with E-state index in [4.69, 9.17) is 4.52 Å². The van der Waals surface area contributed by atoms with Crippen LogP contribution in [0.25, 0.3) is 10.8 Å². The number of urea groups is 1. The van der Waals surface area contributed by atoms with Gasteiger partial charge in [-0.25, -0.2) is 4.79 Å². The van der Waals surface area contributed by atoms with E-state index in [0.29, 0.717) is 5.82 Å². The molecule has 0 bridgehead atoms. The van der Waals surface area contributed by atoms with Crippen LogP contribution in [0.15, 0.2) is 47.0 Å². The van der Waals surface area contributed by atoms with Gasteiger partial charge in [0.25, 0.3) is 5.91 Å². The second-order valence-corrected chi connectivity index (χ2v) is 6.24. The summed E-state index contributed by atoms with van der Waals surface area (Å²) in [6.45, 7) is 3.34. The Bertz CT molecular complexity index is 997. The molecule has 1 aliphatic heterocycles. The van der Waals surface area contributed by atoms with Crippen LogP contribution in [0.4, 0.5) is 4.79 Å². The first-order chi connectivity index (χ1) is 12.0. The highest BCUT2D eigenvalue weighted by Gasteiger charge is 2.49. The highest BCUT2D eigenvalue weighted by Crippen LogP contribution is 2.31. The molecule has 0 aliphatic carbocycles. The van der Waals surface area contributed by atoms with Gasteiger partial charge < -0.3 is 9.84 Å². The van der Waals surface area contributed by atoms with Crippen LogP contribution in [0.3, 0.4) is 0 Å². The third-order valence-electron chi connectivity index (χ3n) is 4.46. The topological polar surface area (TPSA) is 88.3 Å². The molecule has 0 unspecified atom stereocenters. The highest BCUT2D eigenvalue weighted by atomic mass is 16.5. The molecule has 1 fully saturated rings. The van der Waals surface area contributed by atoms with Gasteiger partial charge >= 0.3 is 6.03 Å². The molecule has 4 rings (SSSR count). The summed E-state index contributed by atoms with van der Waals surface area (Å²) < 4.78 is 5.02. The maximum atomic E-state index is 12.9. The zero-order valence-corrected chi connectivity index (χ0v) is 13.8. The Morgan fingerprint density at radius 2 is 1.92 bits per heavy atom. The first-order valence-corrected chi connectivity index (χ1v) is 7.90. The molecule has 1 atom stereocenters. The lowest BCUT2D eigenvalue weighted by atomic mass is 9.90. The number of carbonyl (C=O) groups is 2. The van der Waals surface area contributed by atoms with Gasteiger partial charge in [-0.15, -0.1) is 0 Å². The largest absolute Gasteiger partial charge is 0.337 e. The molecule has 0 radical (unpaired) electrons. The van der Waals surface area contributed by atoms with E-state index in [-0.39, 0.29) is 18.3 Å². The van der Waals surface area contributed by atoms with Crippen molar-refractivity contribution < 1.29 is 14.1 Å². The van der Waals surface area contributed by atoms with Crippen LogP contribution < -0.4 is 5.32 Å². The molecule has 1 aliphatic rings. The molecule has 2 heterocycles. The van der Waals surface area contributed by atoms with Gasteiger partial charge in [0.15, 0.2) is 5.82 Å². The average Bonchev–Trinajstić information content (AvgIpc) is 3.11. The van der Waals surface area contributed by atoms with Gasteiger partial charge in [-0.05, 0) is 36.2 Å². The smallest absolute Gasteiger partial charge is 0.325 e. The molecule has 1 aromatic heterocycles. The molecule has 0 saturated carbocycles. The molecule has 0 spiro atoms. The molecule has 1 saturated heterocycles. The lowest BCUT2D eigenvalue weighted by Gasteiger charge is -2.22. The summed E-state index contributed by atoms with van der Waals surface area (Å²) >= 11 is 0. The van der Waals surface area contributed by atoms with Crippen molar-refractivity contribution in [2.24, 2.45) is 0 Å². The Labute approximate surface area is 143 Å². The molecule has 7 heteroatoms. The Hall–Kier alpha value is -3.22. The summed E-state index contributed by atoms with van der Waals surface area (Å²) in [7, 11) is 0. The molecule has 2 aromatic carbocycles. The van der Waals surface area contributed by atoms with E-state index in [1.807, 2.05) is 42.5 Å². The number of fused-ring (bicyclic) bond motifs is 1. The van der Waals surface area contributed by atoms with Gasteiger partial charge in [-0.2, -0.15) is 4.98 Å². The number of amides is 3. The molecule has 25 heavy (non-hydrogen) atoms. The predicted octanol–water partition coefficient (Wildman–Crippen LogP) is 2.50. The molecule has 3 amide bonds.